The van der Waals surface area contributed by atoms with E-state index in [1.807, 2.05) is 24.3 Å². The van der Waals surface area contributed by atoms with E-state index in [0.29, 0.717) is 24.4 Å². The molecular formula is C13H18N2O2S. The van der Waals surface area contributed by atoms with Crippen molar-refractivity contribution in [3.63, 3.8) is 0 Å². The van der Waals surface area contributed by atoms with E-state index >= 15 is 0 Å². The standard InChI is InChI=1S/C13H18N2O2S/c1-15(9-12(14)18)13(16)8-5-10-3-6-11(17-2)7-4-10/h3-4,6-7H,5,8-9H2,1-2H3,(H2,14,18). The number of nitrogens with two attached hydrogens (primary N) is 1. The first-order valence-electron chi connectivity index (χ1n) is 5.68. The van der Waals surface area contributed by atoms with Crippen LogP contribution in [-0.4, -0.2) is 36.5 Å². The number of carbonyl (C=O) groups is 1. The Labute approximate surface area is 113 Å². The lowest BCUT2D eigenvalue weighted by molar-refractivity contribution is -0.129. The molecule has 0 aliphatic carbocycles. The molecule has 18 heavy (non-hydrogen) atoms. The van der Waals surface area contributed by atoms with Gasteiger partial charge in [-0.1, -0.05) is 24.4 Å². The highest BCUT2D eigenvalue weighted by molar-refractivity contribution is 7.80. The van der Waals surface area contributed by atoms with E-state index in [1.54, 1.807) is 19.1 Å². The Bertz CT molecular complexity index is 418. The molecule has 0 aliphatic rings. The summed E-state index contributed by atoms with van der Waals surface area (Å²) in [6.07, 6.45) is 1.15. The highest BCUT2D eigenvalue weighted by Crippen LogP contribution is 2.12. The molecule has 0 fully saturated rings. The van der Waals surface area contributed by atoms with Gasteiger partial charge < -0.3 is 15.4 Å². The molecule has 4 nitrogen and oxygen atoms in total. The average Bonchev–Trinajstić information content (AvgIpc) is 2.35. The van der Waals surface area contributed by atoms with Crippen molar-refractivity contribution in [3.8, 4) is 5.75 Å². The van der Waals surface area contributed by atoms with Crippen molar-refractivity contribution in [2.24, 2.45) is 5.73 Å². The lowest BCUT2D eigenvalue weighted by Crippen LogP contribution is -2.34. The number of carbonyl (C=O) groups excluding carboxylic acids is 1. The van der Waals surface area contributed by atoms with E-state index in [0.717, 1.165) is 11.3 Å². The fraction of sp³-hybridized carbons (Fsp3) is 0.385. The minimum atomic E-state index is 0.0404. The number of likely N-dealkylation sites (N-methyl/N-ethyl adjacent to an activating group) is 1. The molecule has 0 bridgehead atoms. The van der Waals surface area contributed by atoms with Crippen molar-refractivity contribution in [2.45, 2.75) is 12.8 Å². The molecule has 98 valence electrons. The zero-order valence-electron chi connectivity index (χ0n) is 10.7. The molecule has 1 aromatic rings. The SMILES string of the molecule is COc1ccc(CCC(=O)N(C)CC(N)=S)cc1. The van der Waals surface area contributed by atoms with Gasteiger partial charge in [-0.2, -0.15) is 0 Å². The molecule has 2 N–H and O–H groups in total. The largest absolute Gasteiger partial charge is 0.497 e. The van der Waals surface area contributed by atoms with Gasteiger partial charge in [0.15, 0.2) is 0 Å². The summed E-state index contributed by atoms with van der Waals surface area (Å²) in [5, 5.41) is 0. The number of hydrogen-bond donors (Lipinski definition) is 1. The van der Waals surface area contributed by atoms with Crippen LogP contribution in [0.4, 0.5) is 0 Å². The number of thiocarbonyl (C=S) groups is 1. The summed E-state index contributed by atoms with van der Waals surface area (Å²) >= 11 is 4.77. The van der Waals surface area contributed by atoms with Crippen molar-refractivity contribution < 1.29 is 9.53 Å². The van der Waals surface area contributed by atoms with Gasteiger partial charge in [-0.15, -0.1) is 0 Å². The molecule has 0 aromatic heterocycles. The first kappa shape index (κ1) is 14.4. The third kappa shape index (κ3) is 4.71. The molecule has 5 heteroatoms. The number of methoxy groups -OCH3 is 1. The molecule has 0 heterocycles. The fourth-order valence-electron chi connectivity index (χ4n) is 1.56. The summed E-state index contributed by atoms with van der Waals surface area (Å²) in [5.41, 5.74) is 6.50. The maximum Gasteiger partial charge on any atom is 0.223 e. The Hall–Kier alpha value is -1.62. The monoisotopic (exact) mass is 266 g/mol. The minimum Gasteiger partial charge on any atom is -0.497 e. The summed E-state index contributed by atoms with van der Waals surface area (Å²) in [6.45, 7) is 0.330. The molecule has 1 amide bonds. The van der Waals surface area contributed by atoms with Crippen LogP contribution in [0, 0.1) is 0 Å². The summed E-state index contributed by atoms with van der Waals surface area (Å²) in [6, 6.07) is 7.69. The van der Waals surface area contributed by atoms with Crippen molar-refractivity contribution >= 4 is 23.1 Å². The third-order valence-corrected chi connectivity index (χ3v) is 2.73. The number of rotatable bonds is 6. The van der Waals surface area contributed by atoms with Crippen LogP contribution in [0.1, 0.15) is 12.0 Å². The third-order valence-electron chi connectivity index (χ3n) is 2.61. The van der Waals surface area contributed by atoms with Gasteiger partial charge in [0.05, 0.1) is 18.6 Å². The van der Waals surface area contributed by atoms with Gasteiger partial charge in [-0.25, -0.2) is 0 Å². The normalized spacial score (nSPS) is 9.89. The molecule has 0 unspecified atom stereocenters. The molecular weight excluding hydrogens is 248 g/mol. The van der Waals surface area contributed by atoms with E-state index < -0.39 is 0 Å². The van der Waals surface area contributed by atoms with Crippen LogP contribution in [0.5, 0.6) is 5.75 Å². The average molecular weight is 266 g/mol. The maximum absolute atomic E-state index is 11.8. The van der Waals surface area contributed by atoms with Crippen LogP contribution in [0.15, 0.2) is 24.3 Å². The van der Waals surface area contributed by atoms with Crippen LogP contribution in [0.3, 0.4) is 0 Å². The van der Waals surface area contributed by atoms with E-state index in [1.165, 1.54) is 0 Å². The number of nitrogens with zero attached hydrogens (tertiary/aromatic N) is 1. The molecule has 0 saturated heterocycles. The molecule has 0 atom stereocenters. The molecule has 0 saturated carbocycles. The maximum atomic E-state index is 11.8. The lowest BCUT2D eigenvalue weighted by Gasteiger charge is -2.16. The number of hydrogen-bond acceptors (Lipinski definition) is 3. The summed E-state index contributed by atoms with van der Waals surface area (Å²) in [5.74, 6) is 0.856. The van der Waals surface area contributed by atoms with Crippen molar-refractivity contribution in [1.29, 1.82) is 0 Å². The predicted octanol–water partition coefficient (Wildman–Crippen LogP) is 1.37. The van der Waals surface area contributed by atoms with Crippen molar-refractivity contribution in [2.75, 3.05) is 20.7 Å². The summed E-state index contributed by atoms with van der Waals surface area (Å²) < 4.78 is 5.07. The van der Waals surface area contributed by atoms with E-state index in [2.05, 4.69) is 0 Å². The first-order chi connectivity index (χ1) is 8.52. The number of ether oxygens (including phenoxy) is 1. The zero-order chi connectivity index (χ0) is 13.5. The highest BCUT2D eigenvalue weighted by Gasteiger charge is 2.09. The second kappa shape index (κ2) is 6.96. The van der Waals surface area contributed by atoms with E-state index in [9.17, 15) is 4.79 Å². The minimum absolute atomic E-state index is 0.0404. The van der Waals surface area contributed by atoms with Gasteiger partial charge in [-0.05, 0) is 24.1 Å². The van der Waals surface area contributed by atoms with Crippen LogP contribution < -0.4 is 10.5 Å². The van der Waals surface area contributed by atoms with Gasteiger partial charge >= 0.3 is 0 Å². The summed E-state index contributed by atoms with van der Waals surface area (Å²) in [4.78, 5) is 13.6. The van der Waals surface area contributed by atoms with Crippen LogP contribution >= 0.6 is 12.2 Å². The van der Waals surface area contributed by atoms with Crippen molar-refractivity contribution in [1.82, 2.24) is 4.90 Å². The molecule has 0 spiro atoms. The Morgan fingerprint density at radius 2 is 2.00 bits per heavy atom. The van der Waals surface area contributed by atoms with Gasteiger partial charge in [0, 0.05) is 13.5 Å². The lowest BCUT2D eigenvalue weighted by atomic mass is 10.1. The number of amides is 1. The highest BCUT2D eigenvalue weighted by atomic mass is 32.1. The van der Waals surface area contributed by atoms with Crippen molar-refractivity contribution in [3.05, 3.63) is 29.8 Å². The predicted molar refractivity (Wildman–Crippen MR) is 75.7 cm³/mol. The number of aryl methyl sites for hydroxylation is 1. The second-order valence-corrected chi connectivity index (χ2v) is 4.59. The Kier molecular flexibility index (Phi) is 5.58. The van der Waals surface area contributed by atoms with E-state index in [-0.39, 0.29) is 5.91 Å². The number of benzene rings is 1. The quantitative estimate of drug-likeness (QED) is 0.790. The van der Waals surface area contributed by atoms with Gasteiger partial charge in [0.2, 0.25) is 5.91 Å². The molecule has 0 radical (unpaired) electrons. The fourth-order valence-corrected chi connectivity index (χ4v) is 1.75. The van der Waals surface area contributed by atoms with Gasteiger partial charge in [-0.3, -0.25) is 4.79 Å². The smallest absolute Gasteiger partial charge is 0.223 e. The van der Waals surface area contributed by atoms with Crippen LogP contribution in [-0.2, 0) is 11.2 Å². The topological polar surface area (TPSA) is 55.6 Å². The van der Waals surface area contributed by atoms with Gasteiger partial charge in [0.1, 0.15) is 5.75 Å². The Balaban J connectivity index is 2.44. The Morgan fingerprint density at radius 3 is 2.50 bits per heavy atom. The second-order valence-electron chi connectivity index (χ2n) is 4.06. The van der Waals surface area contributed by atoms with Crippen LogP contribution in [0.2, 0.25) is 0 Å². The van der Waals surface area contributed by atoms with Crippen LogP contribution in [0.25, 0.3) is 0 Å². The summed E-state index contributed by atoms with van der Waals surface area (Å²) in [7, 11) is 3.33. The Morgan fingerprint density at radius 1 is 1.39 bits per heavy atom. The molecule has 1 rings (SSSR count). The van der Waals surface area contributed by atoms with Gasteiger partial charge in [0.25, 0.3) is 0 Å². The molecule has 0 aliphatic heterocycles. The van der Waals surface area contributed by atoms with E-state index in [4.69, 9.17) is 22.7 Å². The molecule has 1 aromatic carbocycles. The first-order valence-corrected chi connectivity index (χ1v) is 6.09. The zero-order valence-corrected chi connectivity index (χ0v) is 11.5.